The minimum absolute atomic E-state index is 0.130. The number of nitrogens with zero attached hydrogens (tertiary/aromatic N) is 1. The summed E-state index contributed by atoms with van der Waals surface area (Å²) in [7, 11) is 0. The van der Waals surface area contributed by atoms with Crippen LogP contribution < -0.4 is 5.32 Å². The van der Waals surface area contributed by atoms with Crippen LogP contribution in [0.1, 0.15) is 27.7 Å². The minimum Gasteiger partial charge on any atom is -0.380 e. The Bertz CT molecular complexity index is 219. The lowest BCUT2D eigenvalue weighted by Gasteiger charge is -2.33. The van der Waals surface area contributed by atoms with Crippen LogP contribution in [0.15, 0.2) is 0 Å². The summed E-state index contributed by atoms with van der Waals surface area (Å²) in [6.45, 7) is 10.0. The first-order valence-corrected chi connectivity index (χ1v) is 5.70. The Morgan fingerprint density at radius 1 is 1.60 bits per heavy atom. The fraction of sp³-hybridized carbons (Fsp3) is 0.909. The first-order chi connectivity index (χ1) is 7.07. The van der Waals surface area contributed by atoms with E-state index in [9.17, 15) is 4.79 Å². The number of nitrogens with one attached hydrogen (secondary N) is 1. The fourth-order valence-electron chi connectivity index (χ4n) is 1.95. The molecule has 1 heterocycles. The van der Waals surface area contributed by atoms with Gasteiger partial charge in [0.1, 0.15) is 0 Å². The number of amides is 1. The van der Waals surface area contributed by atoms with Crippen LogP contribution in [0.25, 0.3) is 0 Å². The van der Waals surface area contributed by atoms with E-state index < -0.39 is 0 Å². The molecule has 1 amide bonds. The maximum Gasteiger partial charge on any atom is 0.238 e. The third kappa shape index (κ3) is 2.92. The van der Waals surface area contributed by atoms with Crippen molar-refractivity contribution in [3.63, 3.8) is 0 Å². The summed E-state index contributed by atoms with van der Waals surface area (Å²) < 4.78 is 5.44. The highest BCUT2D eigenvalue weighted by molar-refractivity contribution is 5.81. The van der Waals surface area contributed by atoms with Gasteiger partial charge in [-0.15, -0.1) is 0 Å². The maximum absolute atomic E-state index is 11.7. The largest absolute Gasteiger partial charge is 0.380 e. The molecule has 1 rings (SSSR count). The van der Waals surface area contributed by atoms with Crippen molar-refractivity contribution in [1.29, 1.82) is 0 Å². The van der Waals surface area contributed by atoms with Gasteiger partial charge >= 0.3 is 0 Å². The van der Waals surface area contributed by atoms with Gasteiger partial charge in [0.05, 0.1) is 25.4 Å². The van der Waals surface area contributed by atoms with Crippen molar-refractivity contribution in [3.05, 3.63) is 0 Å². The first-order valence-electron chi connectivity index (χ1n) is 5.70. The van der Waals surface area contributed by atoms with Gasteiger partial charge in [-0.2, -0.15) is 0 Å². The van der Waals surface area contributed by atoms with Crippen LogP contribution in [0, 0.1) is 5.92 Å². The van der Waals surface area contributed by atoms with Crippen LogP contribution in [-0.4, -0.2) is 42.8 Å². The summed E-state index contributed by atoms with van der Waals surface area (Å²) >= 11 is 0. The van der Waals surface area contributed by atoms with Gasteiger partial charge in [0, 0.05) is 6.61 Å². The van der Waals surface area contributed by atoms with Gasteiger partial charge in [-0.25, -0.2) is 0 Å². The van der Waals surface area contributed by atoms with E-state index in [1.807, 2.05) is 18.7 Å². The topological polar surface area (TPSA) is 41.6 Å². The average Bonchev–Trinajstić information content (AvgIpc) is 2.49. The molecule has 0 aromatic rings. The molecule has 0 aromatic heterocycles. The van der Waals surface area contributed by atoms with Gasteiger partial charge < -0.3 is 9.64 Å². The molecule has 2 atom stereocenters. The molecule has 0 spiro atoms. The highest BCUT2D eigenvalue weighted by atomic mass is 16.5. The van der Waals surface area contributed by atoms with Gasteiger partial charge in [0.15, 0.2) is 0 Å². The molecule has 4 nitrogen and oxygen atoms in total. The molecule has 0 radical (unpaired) electrons. The highest BCUT2D eigenvalue weighted by Gasteiger charge is 2.34. The predicted octanol–water partition coefficient (Wildman–Crippen LogP) is 0.825. The Kier molecular flexibility index (Phi) is 4.54. The second kappa shape index (κ2) is 5.47. The maximum atomic E-state index is 11.7. The molecular weight excluding hydrogens is 192 g/mol. The van der Waals surface area contributed by atoms with Crippen LogP contribution in [0.2, 0.25) is 0 Å². The van der Waals surface area contributed by atoms with E-state index in [2.05, 4.69) is 19.2 Å². The highest BCUT2D eigenvalue weighted by Crippen LogP contribution is 2.17. The van der Waals surface area contributed by atoms with Gasteiger partial charge in [-0.3, -0.25) is 10.1 Å². The quantitative estimate of drug-likeness (QED) is 0.737. The molecule has 0 saturated carbocycles. The molecule has 88 valence electrons. The zero-order valence-electron chi connectivity index (χ0n) is 10.1. The van der Waals surface area contributed by atoms with E-state index in [4.69, 9.17) is 4.74 Å². The van der Waals surface area contributed by atoms with Gasteiger partial charge in [-0.05, 0) is 19.8 Å². The molecule has 1 N–H and O–H groups in total. The van der Waals surface area contributed by atoms with E-state index in [0.29, 0.717) is 25.7 Å². The van der Waals surface area contributed by atoms with Crippen LogP contribution in [0.5, 0.6) is 0 Å². The zero-order valence-corrected chi connectivity index (χ0v) is 10.1. The molecule has 0 aromatic carbocycles. The van der Waals surface area contributed by atoms with E-state index in [1.54, 1.807) is 0 Å². The van der Waals surface area contributed by atoms with Gasteiger partial charge in [-0.1, -0.05) is 13.8 Å². The van der Waals surface area contributed by atoms with Crippen LogP contribution in [0.3, 0.4) is 0 Å². The van der Waals surface area contributed by atoms with Crippen molar-refractivity contribution >= 4 is 5.91 Å². The first kappa shape index (κ1) is 12.5. The molecule has 0 bridgehead atoms. The van der Waals surface area contributed by atoms with Gasteiger partial charge in [0.25, 0.3) is 0 Å². The van der Waals surface area contributed by atoms with Crippen molar-refractivity contribution in [3.8, 4) is 0 Å². The number of carbonyl (C=O) groups excluding carboxylic acids is 1. The van der Waals surface area contributed by atoms with Crippen molar-refractivity contribution in [1.82, 2.24) is 10.2 Å². The number of hydrogen-bond acceptors (Lipinski definition) is 3. The second-order valence-electron chi connectivity index (χ2n) is 4.33. The van der Waals surface area contributed by atoms with Crippen molar-refractivity contribution < 1.29 is 9.53 Å². The molecule has 1 saturated heterocycles. The lowest BCUT2D eigenvalue weighted by Crippen LogP contribution is -2.48. The Balaban J connectivity index is 2.65. The van der Waals surface area contributed by atoms with Gasteiger partial charge in [0.2, 0.25) is 5.91 Å². The molecule has 1 fully saturated rings. The van der Waals surface area contributed by atoms with E-state index >= 15 is 0 Å². The average molecular weight is 214 g/mol. The number of rotatable bonds is 5. The molecule has 1 aliphatic heterocycles. The Morgan fingerprint density at radius 3 is 2.67 bits per heavy atom. The molecular formula is C11H22N2O2. The normalized spacial score (nSPS) is 23.9. The summed E-state index contributed by atoms with van der Waals surface area (Å²) in [5, 5.41) is 3.15. The number of ether oxygens (including phenoxy) is 1. The monoisotopic (exact) mass is 214 g/mol. The summed E-state index contributed by atoms with van der Waals surface area (Å²) in [4.78, 5) is 13.6. The van der Waals surface area contributed by atoms with E-state index in [0.717, 1.165) is 0 Å². The predicted molar refractivity (Wildman–Crippen MR) is 59.4 cm³/mol. The lowest BCUT2D eigenvalue weighted by molar-refractivity contribution is -0.132. The Morgan fingerprint density at radius 2 is 2.27 bits per heavy atom. The van der Waals surface area contributed by atoms with Crippen LogP contribution >= 0.6 is 0 Å². The van der Waals surface area contributed by atoms with Crippen LogP contribution in [-0.2, 0) is 9.53 Å². The lowest BCUT2D eigenvalue weighted by atomic mass is 10.0. The Hall–Kier alpha value is -0.610. The smallest absolute Gasteiger partial charge is 0.238 e. The number of carbonyl (C=O) groups is 1. The second-order valence-corrected chi connectivity index (χ2v) is 4.33. The standard InChI is InChI=1S/C11H22N2O2/c1-5-15-7-10(8(2)3)13-9(4)12-6-11(13)14/h8-10,12H,5-7H2,1-4H3. The van der Waals surface area contributed by atoms with E-state index in [-0.39, 0.29) is 18.1 Å². The third-order valence-corrected chi connectivity index (χ3v) is 2.87. The van der Waals surface area contributed by atoms with Crippen molar-refractivity contribution in [2.45, 2.75) is 39.9 Å². The molecule has 0 aliphatic carbocycles. The molecule has 15 heavy (non-hydrogen) atoms. The fourth-order valence-corrected chi connectivity index (χ4v) is 1.95. The third-order valence-electron chi connectivity index (χ3n) is 2.87. The molecule has 4 heteroatoms. The summed E-state index contributed by atoms with van der Waals surface area (Å²) in [5.74, 6) is 0.601. The summed E-state index contributed by atoms with van der Waals surface area (Å²) in [6.07, 6.45) is 0.130. The molecule has 1 aliphatic rings. The SMILES string of the molecule is CCOCC(C(C)C)N1C(=O)CNC1C. The minimum atomic E-state index is 0.130. The zero-order chi connectivity index (χ0) is 11.4. The summed E-state index contributed by atoms with van der Waals surface area (Å²) in [5.41, 5.74) is 0. The molecule has 2 unspecified atom stereocenters. The van der Waals surface area contributed by atoms with Crippen LogP contribution in [0.4, 0.5) is 0 Å². The number of hydrogen-bond donors (Lipinski definition) is 1. The van der Waals surface area contributed by atoms with E-state index in [1.165, 1.54) is 0 Å². The van der Waals surface area contributed by atoms with Crippen molar-refractivity contribution in [2.24, 2.45) is 5.92 Å². The van der Waals surface area contributed by atoms with Crippen molar-refractivity contribution in [2.75, 3.05) is 19.8 Å². The Labute approximate surface area is 92.0 Å². The summed E-state index contributed by atoms with van der Waals surface area (Å²) in [6, 6.07) is 0.183.